The number of amides is 1. The number of hydrogen-bond donors (Lipinski definition) is 1. The van der Waals surface area contributed by atoms with E-state index >= 15 is 0 Å². The van der Waals surface area contributed by atoms with E-state index < -0.39 is 24.2 Å². The van der Waals surface area contributed by atoms with E-state index in [1.54, 1.807) is 5.32 Å². The van der Waals surface area contributed by atoms with E-state index in [0.29, 0.717) is 12.8 Å². The van der Waals surface area contributed by atoms with E-state index in [1.807, 2.05) is 0 Å². The van der Waals surface area contributed by atoms with E-state index in [-0.39, 0.29) is 17.8 Å². The molecule has 0 aromatic carbocycles. The lowest BCUT2D eigenvalue weighted by molar-refractivity contribution is -0.274. The summed E-state index contributed by atoms with van der Waals surface area (Å²) < 4.78 is 73.8. The van der Waals surface area contributed by atoms with E-state index in [4.69, 9.17) is 11.6 Å². The van der Waals surface area contributed by atoms with Gasteiger partial charge >= 0.3 is 12.4 Å². The molecule has 20 heavy (non-hydrogen) atoms. The molecule has 1 amide bonds. The minimum absolute atomic E-state index is 0.268. The molecule has 1 rings (SSSR count). The highest BCUT2D eigenvalue weighted by atomic mass is 35.5. The van der Waals surface area contributed by atoms with Crippen LogP contribution in [0.25, 0.3) is 0 Å². The van der Waals surface area contributed by atoms with Gasteiger partial charge in [-0.15, -0.1) is 11.6 Å². The van der Waals surface area contributed by atoms with Crippen LogP contribution in [-0.4, -0.2) is 30.2 Å². The molecule has 9 heteroatoms. The number of hydrogen-bond acceptors (Lipinski definition) is 1. The third kappa shape index (κ3) is 4.71. The molecule has 1 aliphatic rings. The van der Waals surface area contributed by atoms with Crippen molar-refractivity contribution >= 4 is 17.5 Å². The molecule has 0 radical (unpaired) electrons. The number of rotatable bonds is 3. The molecule has 1 fully saturated rings. The first-order chi connectivity index (χ1) is 9.03. The Morgan fingerprint density at radius 2 is 1.60 bits per heavy atom. The van der Waals surface area contributed by atoms with Gasteiger partial charge in [0.05, 0.1) is 0 Å². The van der Waals surface area contributed by atoms with Crippen molar-refractivity contribution in [2.45, 2.75) is 43.4 Å². The van der Waals surface area contributed by atoms with E-state index in [0.717, 1.165) is 12.8 Å². The van der Waals surface area contributed by atoms with Gasteiger partial charge in [0.25, 0.3) is 0 Å². The van der Waals surface area contributed by atoms with E-state index in [9.17, 15) is 31.1 Å². The van der Waals surface area contributed by atoms with Crippen molar-refractivity contribution in [3.63, 3.8) is 0 Å². The minimum Gasteiger partial charge on any atom is -0.355 e. The fourth-order valence-electron chi connectivity index (χ4n) is 2.21. The maximum atomic E-state index is 12.3. The standard InChI is InChI=1S/C11H14ClF6NO/c12-7-4-2-1-3-6(7)5-19-9(20)8(10(13,14)15)11(16,17)18/h6-8H,1-5H2,(H,19,20). The van der Waals surface area contributed by atoms with Crippen LogP contribution in [0.5, 0.6) is 0 Å². The van der Waals surface area contributed by atoms with Crippen molar-refractivity contribution in [1.82, 2.24) is 5.32 Å². The second-order valence-corrected chi connectivity index (χ2v) is 5.38. The Labute approximate surface area is 116 Å². The molecule has 0 aromatic rings. The third-order valence-corrected chi connectivity index (χ3v) is 3.85. The first kappa shape index (κ1) is 17.4. The average Bonchev–Trinajstić information content (AvgIpc) is 2.23. The smallest absolute Gasteiger partial charge is 0.355 e. The number of nitrogens with one attached hydrogen (secondary N) is 1. The van der Waals surface area contributed by atoms with Crippen LogP contribution in [0.3, 0.4) is 0 Å². The molecule has 1 saturated carbocycles. The Morgan fingerprint density at radius 1 is 1.10 bits per heavy atom. The van der Waals surface area contributed by atoms with E-state index in [2.05, 4.69) is 0 Å². The van der Waals surface area contributed by atoms with Crippen molar-refractivity contribution < 1.29 is 31.1 Å². The topological polar surface area (TPSA) is 29.1 Å². The molecule has 0 aliphatic heterocycles. The van der Waals surface area contributed by atoms with Gasteiger partial charge in [-0.25, -0.2) is 0 Å². The highest BCUT2D eigenvalue weighted by molar-refractivity contribution is 6.20. The maximum Gasteiger partial charge on any atom is 0.409 e. The predicted molar refractivity (Wildman–Crippen MR) is 60.2 cm³/mol. The highest BCUT2D eigenvalue weighted by Gasteiger charge is 2.61. The number of carbonyl (C=O) groups is 1. The lowest BCUT2D eigenvalue weighted by Crippen LogP contribution is -2.49. The zero-order valence-electron chi connectivity index (χ0n) is 10.3. The highest BCUT2D eigenvalue weighted by Crippen LogP contribution is 2.39. The summed E-state index contributed by atoms with van der Waals surface area (Å²) in [5.74, 6) is -6.36. The van der Waals surface area contributed by atoms with Gasteiger partial charge in [-0.1, -0.05) is 12.8 Å². The Morgan fingerprint density at radius 3 is 2.05 bits per heavy atom. The summed E-state index contributed by atoms with van der Waals surface area (Å²) in [5, 5.41) is 1.40. The van der Waals surface area contributed by atoms with Gasteiger partial charge in [0.15, 0.2) is 0 Å². The van der Waals surface area contributed by atoms with Gasteiger partial charge in [0.1, 0.15) is 0 Å². The molecular formula is C11H14ClF6NO. The fraction of sp³-hybridized carbons (Fsp3) is 0.909. The van der Waals surface area contributed by atoms with Crippen LogP contribution in [-0.2, 0) is 4.79 Å². The first-order valence-electron chi connectivity index (χ1n) is 6.08. The fourth-order valence-corrected chi connectivity index (χ4v) is 2.58. The summed E-state index contributed by atoms with van der Waals surface area (Å²) >= 11 is 5.93. The van der Waals surface area contributed by atoms with Crippen molar-refractivity contribution in [3.8, 4) is 0 Å². The number of halogens is 7. The SMILES string of the molecule is O=C(NCC1CCCCC1Cl)C(C(F)(F)F)C(F)(F)F. The Bertz CT molecular complexity index is 329. The van der Waals surface area contributed by atoms with E-state index in [1.165, 1.54) is 0 Å². The molecule has 0 bridgehead atoms. The quantitative estimate of drug-likeness (QED) is 0.623. The normalized spacial score (nSPS) is 24.8. The average molecular weight is 326 g/mol. The van der Waals surface area contributed by atoms with Crippen molar-refractivity contribution in [1.29, 1.82) is 0 Å². The van der Waals surface area contributed by atoms with Crippen LogP contribution in [0.2, 0.25) is 0 Å². The molecule has 0 saturated heterocycles. The van der Waals surface area contributed by atoms with Crippen LogP contribution < -0.4 is 5.32 Å². The lowest BCUT2D eigenvalue weighted by atomic mass is 9.88. The van der Waals surface area contributed by atoms with Crippen LogP contribution in [0.15, 0.2) is 0 Å². The molecule has 2 nitrogen and oxygen atoms in total. The zero-order valence-corrected chi connectivity index (χ0v) is 11.1. The zero-order chi connectivity index (χ0) is 15.6. The van der Waals surface area contributed by atoms with Crippen LogP contribution in [0, 0.1) is 11.8 Å². The lowest BCUT2D eigenvalue weighted by Gasteiger charge is -2.28. The summed E-state index contributed by atoms with van der Waals surface area (Å²) in [5.41, 5.74) is 0. The van der Waals surface area contributed by atoms with Gasteiger partial charge in [-0.05, 0) is 18.8 Å². The van der Waals surface area contributed by atoms with Crippen LogP contribution in [0.4, 0.5) is 26.3 Å². The Kier molecular flexibility index (Phi) is 5.57. The summed E-state index contributed by atoms with van der Waals surface area (Å²) in [6.45, 7) is -0.268. The summed E-state index contributed by atoms with van der Waals surface area (Å²) in [6.07, 6.45) is -8.43. The second kappa shape index (κ2) is 6.41. The largest absolute Gasteiger partial charge is 0.409 e. The molecule has 0 spiro atoms. The molecule has 118 valence electrons. The molecule has 1 N–H and O–H groups in total. The van der Waals surface area contributed by atoms with Gasteiger partial charge in [-0.2, -0.15) is 26.3 Å². The summed E-state index contributed by atoms with van der Waals surface area (Å²) in [6, 6.07) is 0. The molecular weight excluding hydrogens is 312 g/mol. The Balaban J connectivity index is 2.63. The minimum atomic E-state index is -5.66. The van der Waals surface area contributed by atoms with Gasteiger partial charge in [-0.3, -0.25) is 4.79 Å². The first-order valence-corrected chi connectivity index (χ1v) is 6.52. The van der Waals surface area contributed by atoms with Crippen LogP contribution >= 0.6 is 11.6 Å². The van der Waals surface area contributed by atoms with Crippen molar-refractivity contribution in [3.05, 3.63) is 0 Å². The van der Waals surface area contributed by atoms with Crippen LogP contribution in [0.1, 0.15) is 25.7 Å². The molecule has 0 heterocycles. The van der Waals surface area contributed by atoms with Gasteiger partial charge in [0.2, 0.25) is 11.8 Å². The van der Waals surface area contributed by atoms with Gasteiger partial charge in [0, 0.05) is 11.9 Å². The number of alkyl halides is 7. The van der Waals surface area contributed by atoms with Crippen molar-refractivity contribution in [2.24, 2.45) is 11.8 Å². The van der Waals surface area contributed by atoms with Crippen molar-refractivity contribution in [2.75, 3.05) is 6.54 Å². The molecule has 1 aliphatic carbocycles. The maximum absolute atomic E-state index is 12.3. The monoisotopic (exact) mass is 325 g/mol. The predicted octanol–water partition coefficient (Wildman–Crippen LogP) is 3.64. The molecule has 2 unspecified atom stereocenters. The second-order valence-electron chi connectivity index (χ2n) is 4.82. The summed E-state index contributed by atoms with van der Waals surface area (Å²) in [4.78, 5) is 11.2. The number of carbonyl (C=O) groups excluding carboxylic acids is 1. The third-order valence-electron chi connectivity index (χ3n) is 3.27. The Hall–Kier alpha value is -0.660. The molecule has 2 atom stereocenters. The molecule has 0 aromatic heterocycles. The summed E-state index contributed by atoms with van der Waals surface area (Å²) in [7, 11) is 0. The van der Waals surface area contributed by atoms with Gasteiger partial charge < -0.3 is 5.32 Å².